The summed E-state index contributed by atoms with van der Waals surface area (Å²) in [6.07, 6.45) is 8.17. The van der Waals surface area contributed by atoms with Gasteiger partial charge in [0.15, 0.2) is 11.6 Å². The minimum absolute atomic E-state index is 0.0641. The quantitative estimate of drug-likeness (QED) is 0.757. The minimum atomic E-state index is -1.33. The zero-order valence-corrected chi connectivity index (χ0v) is 15.7. The highest BCUT2D eigenvalue weighted by Gasteiger charge is 2.70. The van der Waals surface area contributed by atoms with Crippen molar-refractivity contribution in [1.82, 2.24) is 0 Å². The van der Waals surface area contributed by atoms with E-state index in [-0.39, 0.29) is 40.7 Å². The molecule has 0 aromatic rings. The Bertz CT molecular complexity index is 781. The third-order valence-electron chi connectivity index (χ3n) is 9.13. The van der Waals surface area contributed by atoms with E-state index in [2.05, 4.69) is 19.1 Å². The lowest BCUT2D eigenvalue weighted by Gasteiger charge is -2.58. The molecule has 140 valence electrons. The number of rotatable bonds is 1. The summed E-state index contributed by atoms with van der Waals surface area (Å²) in [5, 5.41) is 22.5. The molecule has 26 heavy (non-hydrogen) atoms. The van der Waals surface area contributed by atoms with Crippen LogP contribution in [0.2, 0.25) is 0 Å². The summed E-state index contributed by atoms with van der Waals surface area (Å²) in [7, 11) is 0. The Morgan fingerprint density at radius 3 is 2.69 bits per heavy atom. The molecule has 0 aromatic carbocycles. The highest BCUT2D eigenvalue weighted by Crippen LogP contribution is 2.70. The molecule has 0 amide bonds. The van der Waals surface area contributed by atoms with Crippen LogP contribution in [0, 0.1) is 40.4 Å². The van der Waals surface area contributed by atoms with Crippen LogP contribution in [0.3, 0.4) is 0 Å². The van der Waals surface area contributed by atoms with Crippen molar-refractivity contribution in [2.75, 3.05) is 0 Å². The predicted molar refractivity (Wildman–Crippen MR) is 96.0 cm³/mol. The van der Waals surface area contributed by atoms with Gasteiger partial charge in [0.1, 0.15) is 5.60 Å². The molecular formula is C22H28O4. The first-order valence-corrected chi connectivity index (χ1v) is 10.0. The van der Waals surface area contributed by atoms with E-state index >= 15 is 0 Å². The number of hydrogen-bond acceptors (Lipinski definition) is 4. The van der Waals surface area contributed by atoms with Crippen LogP contribution in [-0.4, -0.2) is 33.5 Å². The molecule has 4 heteroatoms. The second-order valence-electron chi connectivity index (χ2n) is 9.95. The lowest BCUT2D eigenvalue weighted by atomic mass is 9.46. The number of hydrogen-bond donors (Lipinski definition) is 2. The van der Waals surface area contributed by atoms with Crippen LogP contribution in [-0.2, 0) is 9.59 Å². The second kappa shape index (κ2) is 4.77. The second-order valence-corrected chi connectivity index (χ2v) is 9.95. The van der Waals surface area contributed by atoms with E-state index in [0.717, 1.165) is 18.4 Å². The van der Waals surface area contributed by atoms with Gasteiger partial charge in [-0.1, -0.05) is 26.0 Å². The van der Waals surface area contributed by atoms with Gasteiger partial charge in [-0.2, -0.15) is 0 Å². The van der Waals surface area contributed by atoms with Gasteiger partial charge in [-0.15, -0.1) is 0 Å². The summed E-state index contributed by atoms with van der Waals surface area (Å²) in [6.45, 7) is 5.71. The van der Waals surface area contributed by atoms with Gasteiger partial charge in [-0.3, -0.25) is 9.59 Å². The molecule has 0 saturated heterocycles. The summed E-state index contributed by atoms with van der Waals surface area (Å²) in [6, 6.07) is 0. The molecule has 0 bridgehead atoms. The first kappa shape index (κ1) is 16.9. The normalized spacial score (nSPS) is 56.8. The topological polar surface area (TPSA) is 74.6 Å². The predicted octanol–water partition coefficient (Wildman–Crippen LogP) is 2.44. The van der Waals surface area contributed by atoms with E-state index in [1.807, 2.05) is 13.0 Å². The number of aliphatic hydroxyl groups is 2. The number of allylic oxidation sites excluding steroid dienone is 4. The zero-order chi connectivity index (χ0) is 18.6. The van der Waals surface area contributed by atoms with Crippen LogP contribution >= 0.6 is 0 Å². The van der Waals surface area contributed by atoms with Crippen molar-refractivity contribution in [2.24, 2.45) is 40.4 Å². The van der Waals surface area contributed by atoms with E-state index in [0.29, 0.717) is 18.8 Å². The van der Waals surface area contributed by atoms with Crippen molar-refractivity contribution in [3.05, 3.63) is 23.8 Å². The first-order chi connectivity index (χ1) is 12.1. The van der Waals surface area contributed by atoms with Crippen LogP contribution in [0.4, 0.5) is 0 Å². The summed E-state index contributed by atoms with van der Waals surface area (Å²) >= 11 is 0. The third-order valence-corrected chi connectivity index (χ3v) is 9.13. The lowest BCUT2D eigenvalue weighted by Crippen LogP contribution is -2.61. The Morgan fingerprint density at radius 1 is 1.27 bits per heavy atom. The van der Waals surface area contributed by atoms with Gasteiger partial charge in [-0.05, 0) is 62.0 Å². The molecule has 2 N–H and O–H groups in total. The largest absolute Gasteiger partial charge is 0.393 e. The highest BCUT2D eigenvalue weighted by molar-refractivity contribution is 5.97. The summed E-state index contributed by atoms with van der Waals surface area (Å²) in [5.74, 6) is 0.934. The van der Waals surface area contributed by atoms with Gasteiger partial charge in [0.25, 0.3) is 0 Å². The molecule has 5 aliphatic rings. The van der Waals surface area contributed by atoms with E-state index in [1.165, 1.54) is 6.92 Å². The fourth-order valence-corrected chi connectivity index (χ4v) is 7.60. The van der Waals surface area contributed by atoms with Crippen LogP contribution in [0.1, 0.15) is 46.5 Å². The smallest absolute Gasteiger partial charge is 0.161 e. The Hall–Kier alpha value is -1.26. The maximum atomic E-state index is 12.3. The van der Waals surface area contributed by atoms with E-state index in [4.69, 9.17) is 0 Å². The zero-order valence-electron chi connectivity index (χ0n) is 15.7. The average Bonchev–Trinajstić information content (AvgIpc) is 3.32. The molecule has 5 aliphatic carbocycles. The Morgan fingerprint density at radius 2 is 2.00 bits per heavy atom. The molecule has 2 unspecified atom stereocenters. The van der Waals surface area contributed by atoms with Gasteiger partial charge in [0, 0.05) is 22.7 Å². The minimum Gasteiger partial charge on any atom is -0.393 e. The molecule has 0 radical (unpaired) electrons. The maximum absolute atomic E-state index is 12.3. The number of fused-ring (bicyclic) bond motifs is 7. The summed E-state index contributed by atoms with van der Waals surface area (Å²) in [5.41, 5.74) is -1.02. The van der Waals surface area contributed by atoms with Crippen molar-refractivity contribution in [3.63, 3.8) is 0 Å². The van der Waals surface area contributed by atoms with Gasteiger partial charge in [-0.25, -0.2) is 0 Å². The highest BCUT2D eigenvalue weighted by atomic mass is 16.3. The Labute approximate surface area is 154 Å². The standard InChI is InChI=1S/C22H28O4/c1-11(23)22(26)7-6-15-13-5-4-12-8-17(24)14-9-16(14)21(12,3)19(13)18(25)10-20(15,22)2/h4-5,8,13-16,18-19,25-26H,6-7,9-10H2,1-3H3/t13-,14?,15-,16?,18-,19-,20-,21-,22-/m0/s1. The molecule has 0 heterocycles. The fourth-order valence-electron chi connectivity index (χ4n) is 7.60. The number of aliphatic hydroxyl groups excluding tert-OH is 1. The van der Waals surface area contributed by atoms with Crippen LogP contribution in [0.25, 0.3) is 0 Å². The maximum Gasteiger partial charge on any atom is 0.161 e. The van der Waals surface area contributed by atoms with E-state index in [1.54, 1.807) is 0 Å². The molecule has 3 saturated carbocycles. The first-order valence-electron chi connectivity index (χ1n) is 10.0. The van der Waals surface area contributed by atoms with E-state index < -0.39 is 17.1 Å². The van der Waals surface area contributed by atoms with E-state index in [9.17, 15) is 19.8 Å². The fraction of sp³-hybridized carbons (Fsp3) is 0.727. The van der Waals surface area contributed by atoms with Gasteiger partial charge in [0.2, 0.25) is 0 Å². The van der Waals surface area contributed by atoms with Crippen molar-refractivity contribution >= 4 is 11.6 Å². The van der Waals surface area contributed by atoms with Crippen molar-refractivity contribution in [1.29, 1.82) is 0 Å². The molecule has 9 atom stereocenters. The average molecular weight is 356 g/mol. The number of ketones is 2. The number of Topliss-reactive ketones (excluding diaryl/α,β-unsaturated/α-hetero) is 1. The Kier molecular flexibility index (Phi) is 3.10. The van der Waals surface area contributed by atoms with Crippen molar-refractivity contribution < 1.29 is 19.8 Å². The molecule has 4 nitrogen and oxygen atoms in total. The van der Waals surface area contributed by atoms with Crippen LogP contribution in [0.5, 0.6) is 0 Å². The summed E-state index contributed by atoms with van der Waals surface area (Å²) in [4.78, 5) is 24.5. The molecule has 5 rings (SSSR count). The van der Waals surface area contributed by atoms with Crippen LogP contribution in [0.15, 0.2) is 23.8 Å². The molecule has 0 spiro atoms. The monoisotopic (exact) mass is 356 g/mol. The SMILES string of the molecule is CC(=O)[C@@]1(O)CC[C@H]2[C@@H]3C=CC4=CC(=O)C5CC5[C@@]4(C)[C@@H]3[C@@H](O)C[C@@]21C. The van der Waals surface area contributed by atoms with Crippen LogP contribution < -0.4 is 0 Å². The molecule has 3 fully saturated rings. The van der Waals surface area contributed by atoms with Gasteiger partial charge in [0.05, 0.1) is 6.10 Å². The molecule has 0 aliphatic heterocycles. The van der Waals surface area contributed by atoms with Gasteiger partial charge >= 0.3 is 0 Å². The van der Waals surface area contributed by atoms with Gasteiger partial charge < -0.3 is 10.2 Å². The lowest BCUT2D eigenvalue weighted by molar-refractivity contribution is -0.171. The summed E-state index contributed by atoms with van der Waals surface area (Å²) < 4.78 is 0. The molecule has 0 aromatic heterocycles. The van der Waals surface area contributed by atoms with Crippen molar-refractivity contribution in [2.45, 2.75) is 58.2 Å². The Balaban J connectivity index is 1.62. The number of carbonyl (C=O) groups is 2. The molecular weight excluding hydrogens is 328 g/mol. The third kappa shape index (κ3) is 1.69. The van der Waals surface area contributed by atoms with Crippen molar-refractivity contribution in [3.8, 4) is 0 Å². The number of carbonyl (C=O) groups excluding carboxylic acids is 2.